The fraction of sp³-hybridized carbons (Fsp3) is 0.629. The molecule has 4 rings (SSSR count). The number of sulfonamides is 1. The van der Waals surface area contributed by atoms with Gasteiger partial charge in [0.25, 0.3) is 0 Å². The first-order chi connectivity index (χ1) is 22.5. The van der Waals surface area contributed by atoms with Crippen LogP contribution >= 0.6 is 0 Å². The Morgan fingerprint density at radius 2 is 1.71 bits per heavy atom. The fourth-order valence-corrected chi connectivity index (χ4v) is 8.05. The van der Waals surface area contributed by atoms with Gasteiger partial charge in [0, 0.05) is 13.1 Å². The lowest BCUT2D eigenvalue weighted by atomic mass is 10.0. The Labute approximate surface area is 287 Å². The van der Waals surface area contributed by atoms with Gasteiger partial charge in [-0.2, -0.15) is 4.31 Å². The number of carbonyl (C=O) groups excluding carboxylic acids is 1. The topological polar surface area (TPSA) is 144 Å². The lowest BCUT2D eigenvalue weighted by Crippen LogP contribution is -2.51. The molecule has 2 aromatic rings. The van der Waals surface area contributed by atoms with Crippen molar-refractivity contribution in [2.75, 3.05) is 26.3 Å². The first kappa shape index (κ1) is 38.3. The molecule has 2 aliphatic heterocycles. The Bertz CT molecular complexity index is 1450. The predicted octanol–water partition coefficient (Wildman–Crippen LogP) is 5.41. The van der Waals surface area contributed by atoms with Gasteiger partial charge in [-0.25, -0.2) is 13.2 Å². The van der Waals surface area contributed by atoms with Gasteiger partial charge in [-0.3, -0.25) is 0 Å². The number of benzene rings is 2. The van der Waals surface area contributed by atoms with E-state index < -0.39 is 42.7 Å². The molecule has 11 nitrogen and oxygen atoms in total. The highest BCUT2D eigenvalue weighted by Gasteiger charge is 2.44. The summed E-state index contributed by atoms with van der Waals surface area (Å²) in [6, 6.07) is 12.2. The van der Waals surface area contributed by atoms with E-state index in [9.17, 15) is 23.4 Å². The number of aliphatic hydroxyl groups is 1. The van der Waals surface area contributed by atoms with Crippen LogP contribution in [0.1, 0.15) is 58.6 Å². The molecule has 6 atom stereocenters. The van der Waals surface area contributed by atoms with Gasteiger partial charge in [0.15, 0.2) is 14.6 Å². The van der Waals surface area contributed by atoms with Gasteiger partial charge in [-0.05, 0) is 72.3 Å². The molecule has 1 amide bonds. The number of nitrogens with one attached hydrogen (secondary N) is 1. The van der Waals surface area contributed by atoms with Crippen LogP contribution in [-0.4, -0.2) is 88.2 Å². The Hall–Kier alpha value is -2.52. The van der Waals surface area contributed by atoms with Crippen molar-refractivity contribution in [3.05, 3.63) is 59.7 Å². The molecule has 3 N–H and O–H groups in total. The zero-order valence-electron chi connectivity index (χ0n) is 29.3. The minimum atomic E-state index is -4.02. The lowest BCUT2D eigenvalue weighted by molar-refractivity contribution is -0.0907. The standard InChI is InChI=1S/C35H54N2O9SSi/c1-8-24(2)20-37(47(41,42)28-15-11-26(12-16-28)22-45-48(6,7)35(3,4)5)21-31(39)30(19-25-9-13-27(38)14-10-25)36-34(40)46-32-23-44-33-29(32)17-18-43-33/h9-16,24,29-33,38-39H,8,17-23H2,1-7H3,(H,36,40)/t24-,29-,30-,31+,32-,33+/m0/s1. The smallest absolute Gasteiger partial charge is 0.407 e. The second kappa shape index (κ2) is 16.0. The van der Waals surface area contributed by atoms with Gasteiger partial charge >= 0.3 is 6.09 Å². The van der Waals surface area contributed by atoms with Gasteiger partial charge in [0.2, 0.25) is 10.0 Å². The molecule has 0 saturated carbocycles. The van der Waals surface area contributed by atoms with E-state index in [0.717, 1.165) is 24.0 Å². The SMILES string of the molecule is CC[C@H](C)CN(C[C@@H](O)[C@H](Cc1ccc(O)cc1)NC(=O)O[C@H]1CO[C@H]2OCC[C@H]21)S(=O)(=O)c1ccc(CO[Si](C)(C)C(C)(C)C)cc1. The molecular weight excluding hydrogens is 653 g/mol. The number of amides is 1. The minimum Gasteiger partial charge on any atom is -0.508 e. The fourth-order valence-electron chi connectivity index (χ4n) is 5.51. The molecule has 48 heavy (non-hydrogen) atoms. The number of rotatable bonds is 15. The van der Waals surface area contributed by atoms with Gasteiger partial charge < -0.3 is 34.2 Å². The summed E-state index contributed by atoms with van der Waals surface area (Å²) in [6.07, 6.45) is -1.26. The van der Waals surface area contributed by atoms with E-state index in [1.807, 2.05) is 13.8 Å². The predicted molar refractivity (Wildman–Crippen MR) is 185 cm³/mol. The van der Waals surface area contributed by atoms with Crippen LogP contribution in [0.3, 0.4) is 0 Å². The second-order valence-electron chi connectivity index (χ2n) is 14.7. The first-order valence-corrected chi connectivity index (χ1v) is 21.2. The average Bonchev–Trinajstić information content (AvgIpc) is 3.65. The van der Waals surface area contributed by atoms with Crippen LogP contribution in [0.2, 0.25) is 18.1 Å². The number of aromatic hydroxyl groups is 1. The van der Waals surface area contributed by atoms with Gasteiger partial charge in [-0.15, -0.1) is 0 Å². The van der Waals surface area contributed by atoms with E-state index in [1.54, 1.807) is 36.4 Å². The molecule has 2 heterocycles. The molecule has 0 aromatic heterocycles. The van der Waals surface area contributed by atoms with Crippen LogP contribution in [0.5, 0.6) is 5.75 Å². The molecule has 0 spiro atoms. The Morgan fingerprint density at radius 3 is 2.33 bits per heavy atom. The number of carbonyl (C=O) groups is 1. The normalized spacial score (nSPS) is 21.9. The maximum atomic E-state index is 14.1. The molecule has 2 saturated heterocycles. The number of ether oxygens (including phenoxy) is 3. The van der Waals surface area contributed by atoms with Gasteiger partial charge in [0.05, 0.1) is 42.8 Å². The summed E-state index contributed by atoms with van der Waals surface area (Å²) in [5, 5.41) is 24.2. The molecule has 0 radical (unpaired) electrons. The molecular formula is C35H54N2O9SSi. The number of alkyl carbamates (subject to hydrolysis) is 1. The van der Waals surface area contributed by atoms with Crippen molar-refractivity contribution in [3.8, 4) is 5.75 Å². The van der Waals surface area contributed by atoms with Gasteiger partial charge in [-0.1, -0.05) is 65.3 Å². The van der Waals surface area contributed by atoms with E-state index in [-0.39, 0.29) is 59.9 Å². The third kappa shape index (κ3) is 9.80. The summed E-state index contributed by atoms with van der Waals surface area (Å²) in [6.45, 7) is 15.9. The summed E-state index contributed by atoms with van der Waals surface area (Å²) >= 11 is 0. The van der Waals surface area contributed by atoms with Crippen molar-refractivity contribution >= 4 is 24.4 Å². The van der Waals surface area contributed by atoms with Crippen LogP contribution in [0, 0.1) is 11.8 Å². The van der Waals surface area contributed by atoms with E-state index in [0.29, 0.717) is 13.2 Å². The van der Waals surface area contributed by atoms with Crippen LogP contribution in [0.4, 0.5) is 4.79 Å². The van der Waals surface area contributed by atoms with Crippen LogP contribution in [0.25, 0.3) is 0 Å². The number of hydrogen-bond acceptors (Lipinski definition) is 9. The van der Waals surface area contributed by atoms with Crippen LogP contribution < -0.4 is 5.32 Å². The molecule has 0 unspecified atom stereocenters. The molecule has 2 fully saturated rings. The monoisotopic (exact) mass is 706 g/mol. The molecule has 2 aromatic carbocycles. The zero-order valence-corrected chi connectivity index (χ0v) is 31.2. The molecule has 13 heteroatoms. The number of fused-ring (bicyclic) bond motifs is 1. The third-order valence-electron chi connectivity index (χ3n) is 9.97. The highest BCUT2D eigenvalue weighted by molar-refractivity contribution is 7.89. The highest BCUT2D eigenvalue weighted by Crippen LogP contribution is 2.37. The molecule has 268 valence electrons. The summed E-state index contributed by atoms with van der Waals surface area (Å²) in [4.78, 5) is 13.3. The average molecular weight is 707 g/mol. The summed E-state index contributed by atoms with van der Waals surface area (Å²) in [5.74, 6) is 0.0419. The van der Waals surface area contributed by atoms with Crippen molar-refractivity contribution in [2.45, 2.75) is 108 Å². The first-order valence-electron chi connectivity index (χ1n) is 16.9. The number of aliphatic hydroxyl groups excluding tert-OH is 1. The van der Waals surface area contributed by atoms with Crippen molar-refractivity contribution in [1.82, 2.24) is 9.62 Å². The molecule has 0 bridgehead atoms. The largest absolute Gasteiger partial charge is 0.508 e. The summed E-state index contributed by atoms with van der Waals surface area (Å²) in [7, 11) is -6.00. The number of phenolic OH excluding ortho intramolecular Hbond substituents is 1. The van der Waals surface area contributed by atoms with Gasteiger partial charge in [0.1, 0.15) is 11.9 Å². The maximum absolute atomic E-state index is 14.1. The van der Waals surface area contributed by atoms with Crippen molar-refractivity contribution < 1.29 is 42.1 Å². The Morgan fingerprint density at radius 1 is 1.06 bits per heavy atom. The lowest BCUT2D eigenvalue weighted by Gasteiger charge is -2.36. The molecule has 0 aliphatic carbocycles. The summed E-state index contributed by atoms with van der Waals surface area (Å²) < 4.78 is 52.6. The van der Waals surface area contributed by atoms with E-state index in [2.05, 4.69) is 39.2 Å². The summed E-state index contributed by atoms with van der Waals surface area (Å²) in [5.41, 5.74) is 1.62. The van der Waals surface area contributed by atoms with Crippen molar-refractivity contribution in [2.24, 2.45) is 11.8 Å². The number of hydrogen-bond donors (Lipinski definition) is 3. The zero-order chi connectivity index (χ0) is 35.3. The van der Waals surface area contributed by atoms with Crippen molar-refractivity contribution in [1.29, 1.82) is 0 Å². The van der Waals surface area contributed by atoms with E-state index in [1.165, 1.54) is 16.4 Å². The quantitative estimate of drug-likeness (QED) is 0.207. The van der Waals surface area contributed by atoms with E-state index >= 15 is 0 Å². The highest BCUT2D eigenvalue weighted by atomic mass is 32.2. The number of phenols is 1. The van der Waals surface area contributed by atoms with Crippen molar-refractivity contribution in [3.63, 3.8) is 0 Å². The van der Waals surface area contributed by atoms with E-state index in [4.69, 9.17) is 18.6 Å². The molecule has 2 aliphatic rings. The minimum absolute atomic E-state index is 0.0154. The maximum Gasteiger partial charge on any atom is 0.407 e. The Kier molecular flexibility index (Phi) is 12.8. The number of nitrogens with zero attached hydrogens (tertiary/aromatic N) is 1. The van der Waals surface area contributed by atoms with Crippen LogP contribution in [0.15, 0.2) is 53.4 Å². The van der Waals surface area contributed by atoms with Crippen LogP contribution in [-0.2, 0) is 41.7 Å². The second-order valence-corrected chi connectivity index (χ2v) is 21.4. The Balaban J connectivity index is 1.51. The third-order valence-corrected chi connectivity index (χ3v) is 16.3.